The lowest BCUT2D eigenvalue weighted by Crippen LogP contribution is -2.41. The molecule has 0 saturated carbocycles. The van der Waals surface area contributed by atoms with Gasteiger partial charge in [0.1, 0.15) is 0 Å². The number of rotatable bonds is 6. The van der Waals surface area contributed by atoms with E-state index in [0.717, 1.165) is 29.7 Å². The molecule has 1 amide bonds. The number of benzene rings is 2. The molecule has 0 unspecified atom stereocenters. The fraction of sp³-hybridized carbons (Fsp3) is 0.318. The number of thiazole rings is 2. The number of aromatic nitrogens is 2. The van der Waals surface area contributed by atoms with Crippen molar-refractivity contribution < 1.29 is 13.2 Å². The molecule has 0 atom stereocenters. The normalized spacial score (nSPS) is 15.8. The van der Waals surface area contributed by atoms with Crippen LogP contribution in [0.1, 0.15) is 12.8 Å². The van der Waals surface area contributed by atoms with Gasteiger partial charge in [0, 0.05) is 23.9 Å². The second-order valence-electron chi connectivity index (χ2n) is 7.81. The SMILES string of the molecule is CSc1ccc(S(=O)(=O)N2CCC(C(=O)Nc3nc4ccc5nc(SC)sc5c4s3)CC2)cc1. The second-order valence-corrected chi connectivity index (χ2v) is 13.7. The highest BCUT2D eigenvalue weighted by Crippen LogP contribution is 2.38. The summed E-state index contributed by atoms with van der Waals surface area (Å²) in [5.74, 6) is -0.352. The molecular weight excluding hydrogens is 529 g/mol. The Bertz CT molecular complexity index is 1460. The molecular formula is C22H22N4O3S5. The van der Waals surface area contributed by atoms with E-state index < -0.39 is 10.0 Å². The lowest BCUT2D eigenvalue weighted by molar-refractivity contribution is -0.120. The summed E-state index contributed by atoms with van der Waals surface area (Å²) in [6.45, 7) is 0.646. The zero-order chi connectivity index (χ0) is 23.9. The van der Waals surface area contributed by atoms with Crippen molar-refractivity contribution in [1.82, 2.24) is 14.3 Å². The van der Waals surface area contributed by atoms with Crippen molar-refractivity contribution in [1.29, 1.82) is 0 Å². The number of carbonyl (C=O) groups excluding carboxylic acids is 1. The highest BCUT2D eigenvalue weighted by atomic mass is 32.2. The maximum Gasteiger partial charge on any atom is 0.243 e. The van der Waals surface area contributed by atoms with Crippen LogP contribution in [0.5, 0.6) is 0 Å². The Kier molecular flexibility index (Phi) is 6.88. The van der Waals surface area contributed by atoms with Gasteiger partial charge in [0.25, 0.3) is 0 Å². The molecule has 1 N–H and O–H groups in total. The molecule has 0 aliphatic carbocycles. The van der Waals surface area contributed by atoms with Crippen molar-refractivity contribution >= 4 is 87.7 Å². The first-order valence-electron chi connectivity index (χ1n) is 10.6. The molecule has 1 fully saturated rings. The number of hydrogen-bond acceptors (Lipinski definition) is 9. The van der Waals surface area contributed by atoms with Crippen LogP contribution in [0.3, 0.4) is 0 Å². The summed E-state index contributed by atoms with van der Waals surface area (Å²) in [5, 5.41) is 3.53. The summed E-state index contributed by atoms with van der Waals surface area (Å²) in [7, 11) is -3.56. The molecule has 3 heterocycles. The highest BCUT2D eigenvalue weighted by molar-refractivity contribution is 8.00. The van der Waals surface area contributed by atoms with Crippen LogP contribution in [-0.4, -0.2) is 54.2 Å². The standard InChI is InChI=1S/C22H22N4O3S5/c1-30-14-3-5-15(6-4-14)34(28,29)26-11-9-13(10-12-26)20(27)25-21-23-16-7-8-17-19(18(16)32-21)33-22(24-17)31-2/h3-8,13H,9-12H2,1-2H3,(H,23,25,27). The number of carbonyl (C=O) groups is 1. The van der Waals surface area contributed by atoms with Crippen LogP contribution in [0.2, 0.25) is 0 Å². The van der Waals surface area contributed by atoms with E-state index in [1.165, 1.54) is 15.6 Å². The van der Waals surface area contributed by atoms with Crippen molar-refractivity contribution in [3.63, 3.8) is 0 Å². The fourth-order valence-electron chi connectivity index (χ4n) is 3.96. The van der Waals surface area contributed by atoms with Crippen LogP contribution in [0.15, 0.2) is 50.5 Å². The third-order valence-electron chi connectivity index (χ3n) is 5.82. The molecule has 0 spiro atoms. The van der Waals surface area contributed by atoms with E-state index in [0.29, 0.717) is 36.0 Å². The Morgan fingerprint density at radius 1 is 0.971 bits per heavy atom. The number of piperidine rings is 1. The molecule has 4 aromatic rings. The molecule has 0 radical (unpaired) electrons. The van der Waals surface area contributed by atoms with Gasteiger partial charge in [0.05, 0.1) is 25.3 Å². The quantitative estimate of drug-likeness (QED) is 0.322. The molecule has 0 bridgehead atoms. The van der Waals surface area contributed by atoms with E-state index in [9.17, 15) is 13.2 Å². The topological polar surface area (TPSA) is 92.3 Å². The number of fused-ring (bicyclic) bond motifs is 3. The van der Waals surface area contributed by atoms with E-state index in [4.69, 9.17) is 0 Å². The Labute approximate surface area is 214 Å². The third-order valence-corrected chi connectivity index (χ3v) is 11.7. The second kappa shape index (κ2) is 9.75. The molecule has 2 aromatic heterocycles. The van der Waals surface area contributed by atoms with E-state index in [1.54, 1.807) is 47.0 Å². The van der Waals surface area contributed by atoms with Crippen molar-refractivity contribution in [2.24, 2.45) is 5.92 Å². The van der Waals surface area contributed by atoms with E-state index >= 15 is 0 Å². The Balaban J connectivity index is 1.25. The van der Waals surface area contributed by atoms with Crippen LogP contribution in [0.25, 0.3) is 20.4 Å². The maximum atomic E-state index is 13.0. The molecule has 1 saturated heterocycles. The van der Waals surface area contributed by atoms with Crippen LogP contribution >= 0.6 is 46.2 Å². The zero-order valence-corrected chi connectivity index (χ0v) is 22.6. The van der Waals surface area contributed by atoms with Gasteiger partial charge in [-0.05, 0) is 61.8 Å². The average Bonchev–Trinajstić information content (AvgIpc) is 3.47. The summed E-state index contributed by atoms with van der Waals surface area (Å²) in [6.07, 6.45) is 4.92. The first-order valence-corrected chi connectivity index (χ1v) is 16.1. The summed E-state index contributed by atoms with van der Waals surface area (Å²) < 4.78 is 30.6. The van der Waals surface area contributed by atoms with Gasteiger partial charge in [-0.3, -0.25) is 4.79 Å². The maximum absolute atomic E-state index is 13.0. The van der Waals surface area contributed by atoms with Crippen LogP contribution < -0.4 is 5.32 Å². The summed E-state index contributed by atoms with van der Waals surface area (Å²) in [6, 6.07) is 10.8. The van der Waals surface area contributed by atoms with Crippen molar-refractivity contribution in [3.05, 3.63) is 36.4 Å². The first kappa shape index (κ1) is 24.0. The van der Waals surface area contributed by atoms with E-state index in [1.807, 2.05) is 36.8 Å². The van der Waals surface area contributed by atoms with Gasteiger partial charge in [-0.25, -0.2) is 18.4 Å². The van der Waals surface area contributed by atoms with Gasteiger partial charge in [0.15, 0.2) is 9.47 Å². The molecule has 5 rings (SSSR count). The van der Waals surface area contributed by atoms with Crippen LogP contribution in [0, 0.1) is 5.92 Å². The first-order chi connectivity index (χ1) is 16.4. The lowest BCUT2D eigenvalue weighted by Gasteiger charge is -2.30. The number of anilines is 1. The Morgan fingerprint density at radius 2 is 1.62 bits per heavy atom. The van der Waals surface area contributed by atoms with Crippen molar-refractivity contribution in [3.8, 4) is 0 Å². The van der Waals surface area contributed by atoms with Gasteiger partial charge in [-0.1, -0.05) is 23.1 Å². The molecule has 12 heteroatoms. The number of amides is 1. The van der Waals surface area contributed by atoms with Crippen LogP contribution in [0.4, 0.5) is 5.13 Å². The smallest absolute Gasteiger partial charge is 0.243 e. The predicted octanol–water partition coefficient (Wildman–Crippen LogP) is 5.39. The molecule has 178 valence electrons. The Hall–Kier alpha value is -1.70. The molecule has 1 aliphatic rings. The van der Waals surface area contributed by atoms with Gasteiger partial charge in [0.2, 0.25) is 15.9 Å². The van der Waals surface area contributed by atoms with Gasteiger partial charge >= 0.3 is 0 Å². The third kappa shape index (κ3) is 4.59. The van der Waals surface area contributed by atoms with E-state index in [2.05, 4.69) is 15.3 Å². The minimum absolute atomic E-state index is 0.106. The minimum Gasteiger partial charge on any atom is -0.302 e. The van der Waals surface area contributed by atoms with Crippen LogP contribution in [-0.2, 0) is 14.8 Å². The average molecular weight is 551 g/mol. The largest absolute Gasteiger partial charge is 0.302 e. The van der Waals surface area contributed by atoms with Gasteiger partial charge in [-0.15, -0.1) is 23.1 Å². The molecule has 2 aromatic carbocycles. The molecule has 7 nitrogen and oxygen atoms in total. The summed E-state index contributed by atoms with van der Waals surface area (Å²) in [4.78, 5) is 23.4. The lowest BCUT2D eigenvalue weighted by atomic mass is 9.97. The predicted molar refractivity (Wildman–Crippen MR) is 143 cm³/mol. The van der Waals surface area contributed by atoms with E-state index in [-0.39, 0.29) is 11.8 Å². The summed E-state index contributed by atoms with van der Waals surface area (Å²) >= 11 is 6.28. The molecule has 1 aliphatic heterocycles. The van der Waals surface area contributed by atoms with Gasteiger partial charge in [-0.2, -0.15) is 4.31 Å². The summed E-state index contributed by atoms with van der Waals surface area (Å²) in [5.41, 5.74) is 1.79. The zero-order valence-electron chi connectivity index (χ0n) is 18.5. The monoisotopic (exact) mass is 550 g/mol. The number of hydrogen-bond donors (Lipinski definition) is 1. The number of nitrogens with one attached hydrogen (secondary N) is 1. The van der Waals surface area contributed by atoms with Crippen molar-refractivity contribution in [2.45, 2.75) is 27.0 Å². The molecule has 34 heavy (non-hydrogen) atoms. The highest BCUT2D eigenvalue weighted by Gasteiger charge is 2.32. The van der Waals surface area contributed by atoms with Gasteiger partial charge < -0.3 is 5.32 Å². The van der Waals surface area contributed by atoms with Crippen molar-refractivity contribution in [2.75, 3.05) is 30.9 Å². The minimum atomic E-state index is -3.56. The number of sulfonamides is 1. The Morgan fingerprint density at radius 3 is 2.26 bits per heavy atom. The fourth-order valence-corrected chi connectivity index (χ4v) is 8.50. The number of thioether (sulfide) groups is 2. The number of nitrogens with zero attached hydrogens (tertiary/aromatic N) is 3.